The third-order valence-corrected chi connectivity index (χ3v) is 3.18. The maximum Gasteiger partial charge on any atom is 0.231 e. The van der Waals surface area contributed by atoms with E-state index in [0.29, 0.717) is 5.89 Å². The van der Waals surface area contributed by atoms with Crippen LogP contribution in [0.5, 0.6) is 5.75 Å². The lowest BCUT2D eigenvalue weighted by Gasteiger charge is -2.03. The van der Waals surface area contributed by atoms with E-state index in [-0.39, 0.29) is 0 Å². The van der Waals surface area contributed by atoms with Crippen molar-refractivity contribution in [3.63, 3.8) is 0 Å². The molecule has 3 rings (SSSR count). The van der Waals surface area contributed by atoms with E-state index >= 15 is 0 Å². The smallest absolute Gasteiger partial charge is 0.231 e. The Kier molecular flexibility index (Phi) is 2.80. The number of fused-ring (bicyclic) bond motifs is 1. The molecule has 0 amide bonds. The molecular formula is C14H10BrNO2. The molecule has 0 aliphatic rings. The number of hydrogen-bond donors (Lipinski definition) is 0. The van der Waals surface area contributed by atoms with Crippen molar-refractivity contribution < 1.29 is 9.15 Å². The minimum Gasteiger partial charge on any atom is -0.496 e. The van der Waals surface area contributed by atoms with Gasteiger partial charge in [-0.25, -0.2) is 4.98 Å². The average Bonchev–Trinajstić information content (AvgIpc) is 2.81. The summed E-state index contributed by atoms with van der Waals surface area (Å²) in [4.78, 5) is 4.48. The maximum absolute atomic E-state index is 5.74. The van der Waals surface area contributed by atoms with Crippen LogP contribution in [0.25, 0.3) is 22.6 Å². The fourth-order valence-electron chi connectivity index (χ4n) is 1.84. The number of para-hydroxylation sites is 1. The molecule has 0 aliphatic heterocycles. The predicted octanol–water partition coefficient (Wildman–Crippen LogP) is 4.27. The number of nitrogens with zero attached hydrogens (tertiary/aromatic N) is 1. The summed E-state index contributed by atoms with van der Waals surface area (Å²) in [5.74, 6) is 1.32. The second-order valence-corrected chi connectivity index (χ2v) is 4.75. The Morgan fingerprint density at radius 1 is 1.17 bits per heavy atom. The Hall–Kier alpha value is -1.81. The molecule has 1 aromatic heterocycles. The van der Waals surface area contributed by atoms with Crippen molar-refractivity contribution in [1.82, 2.24) is 4.98 Å². The molecule has 0 fully saturated rings. The third kappa shape index (κ3) is 1.88. The highest BCUT2D eigenvalue weighted by molar-refractivity contribution is 9.10. The second kappa shape index (κ2) is 4.46. The summed E-state index contributed by atoms with van der Waals surface area (Å²) in [6, 6.07) is 13.4. The van der Waals surface area contributed by atoms with Gasteiger partial charge in [-0.3, -0.25) is 0 Å². The van der Waals surface area contributed by atoms with E-state index in [2.05, 4.69) is 20.9 Å². The van der Waals surface area contributed by atoms with Crippen LogP contribution in [0.4, 0.5) is 0 Å². The Morgan fingerprint density at radius 3 is 2.83 bits per heavy atom. The summed E-state index contributed by atoms with van der Waals surface area (Å²) in [6.45, 7) is 0. The highest BCUT2D eigenvalue weighted by atomic mass is 79.9. The summed E-state index contributed by atoms with van der Waals surface area (Å²) in [7, 11) is 1.64. The topological polar surface area (TPSA) is 35.3 Å². The first kappa shape index (κ1) is 11.3. The number of aromatic nitrogens is 1. The first-order valence-electron chi connectivity index (χ1n) is 5.47. The fourth-order valence-corrected chi connectivity index (χ4v) is 2.19. The van der Waals surface area contributed by atoms with E-state index in [1.807, 2.05) is 42.5 Å². The second-order valence-electron chi connectivity index (χ2n) is 3.83. The van der Waals surface area contributed by atoms with Crippen molar-refractivity contribution >= 4 is 27.0 Å². The van der Waals surface area contributed by atoms with Gasteiger partial charge in [0.05, 0.1) is 12.7 Å². The average molecular weight is 304 g/mol. The molecular weight excluding hydrogens is 294 g/mol. The lowest BCUT2D eigenvalue weighted by atomic mass is 10.2. The van der Waals surface area contributed by atoms with Crippen LogP contribution in [0.3, 0.4) is 0 Å². The number of oxazole rings is 1. The van der Waals surface area contributed by atoms with Crippen LogP contribution >= 0.6 is 15.9 Å². The maximum atomic E-state index is 5.74. The van der Waals surface area contributed by atoms with Crippen LogP contribution in [0.2, 0.25) is 0 Å². The first-order chi connectivity index (χ1) is 8.78. The minimum atomic E-state index is 0.570. The number of benzene rings is 2. The molecule has 90 valence electrons. The molecule has 0 bridgehead atoms. The predicted molar refractivity (Wildman–Crippen MR) is 73.7 cm³/mol. The zero-order valence-electron chi connectivity index (χ0n) is 9.68. The van der Waals surface area contributed by atoms with Crippen LogP contribution < -0.4 is 4.74 Å². The third-order valence-electron chi connectivity index (χ3n) is 2.69. The van der Waals surface area contributed by atoms with Gasteiger partial charge in [0.1, 0.15) is 11.3 Å². The molecule has 0 spiro atoms. The molecule has 3 nitrogen and oxygen atoms in total. The molecule has 0 saturated carbocycles. The van der Waals surface area contributed by atoms with Gasteiger partial charge in [0.2, 0.25) is 5.89 Å². The van der Waals surface area contributed by atoms with Gasteiger partial charge in [-0.05, 0) is 30.3 Å². The molecule has 2 aromatic carbocycles. The van der Waals surface area contributed by atoms with Crippen LogP contribution in [-0.4, -0.2) is 12.1 Å². The Balaban J connectivity index is 2.19. The number of rotatable bonds is 2. The van der Waals surface area contributed by atoms with E-state index in [9.17, 15) is 0 Å². The minimum absolute atomic E-state index is 0.570. The zero-order valence-corrected chi connectivity index (χ0v) is 11.3. The van der Waals surface area contributed by atoms with Crippen molar-refractivity contribution in [1.29, 1.82) is 0 Å². The number of methoxy groups -OCH3 is 1. The Labute approximate surface area is 113 Å². The molecule has 4 heteroatoms. The lowest BCUT2D eigenvalue weighted by molar-refractivity contribution is 0.414. The quantitative estimate of drug-likeness (QED) is 0.709. The van der Waals surface area contributed by atoms with Gasteiger partial charge in [-0.15, -0.1) is 0 Å². The number of ether oxygens (including phenoxy) is 1. The molecule has 0 N–H and O–H groups in total. The Morgan fingerprint density at radius 2 is 2.00 bits per heavy atom. The normalized spacial score (nSPS) is 10.8. The van der Waals surface area contributed by atoms with Gasteiger partial charge < -0.3 is 9.15 Å². The summed E-state index contributed by atoms with van der Waals surface area (Å²) in [6.07, 6.45) is 0. The highest BCUT2D eigenvalue weighted by Crippen LogP contribution is 2.31. The Bertz CT molecular complexity index is 706. The number of halogens is 1. The van der Waals surface area contributed by atoms with Crippen molar-refractivity contribution in [3.8, 4) is 17.2 Å². The summed E-state index contributed by atoms with van der Waals surface area (Å²) in [5.41, 5.74) is 2.44. The van der Waals surface area contributed by atoms with Crippen LogP contribution in [0, 0.1) is 0 Å². The van der Waals surface area contributed by atoms with Gasteiger partial charge >= 0.3 is 0 Å². The largest absolute Gasteiger partial charge is 0.496 e. The molecule has 18 heavy (non-hydrogen) atoms. The molecule has 0 unspecified atom stereocenters. The molecule has 0 radical (unpaired) electrons. The van der Waals surface area contributed by atoms with Gasteiger partial charge in [-0.2, -0.15) is 0 Å². The van der Waals surface area contributed by atoms with Crippen LogP contribution in [-0.2, 0) is 0 Å². The van der Waals surface area contributed by atoms with E-state index < -0.39 is 0 Å². The summed E-state index contributed by atoms with van der Waals surface area (Å²) >= 11 is 3.42. The highest BCUT2D eigenvalue weighted by Gasteiger charge is 2.12. The van der Waals surface area contributed by atoms with E-state index in [1.165, 1.54) is 0 Å². The molecule has 0 aliphatic carbocycles. The summed E-state index contributed by atoms with van der Waals surface area (Å²) in [5, 5.41) is 0. The number of hydrogen-bond acceptors (Lipinski definition) is 3. The van der Waals surface area contributed by atoms with Crippen molar-refractivity contribution in [2.75, 3.05) is 7.11 Å². The molecule has 0 atom stereocenters. The van der Waals surface area contributed by atoms with Gasteiger partial charge in [0, 0.05) is 4.47 Å². The molecule has 3 aromatic rings. The van der Waals surface area contributed by atoms with Gasteiger partial charge in [-0.1, -0.05) is 28.1 Å². The van der Waals surface area contributed by atoms with E-state index in [0.717, 1.165) is 26.9 Å². The van der Waals surface area contributed by atoms with Gasteiger partial charge in [0.15, 0.2) is 5.58 Å². The monoisotopic (exact) mass is 303 g/mol. The standard InChI is InChI=1S/C14H10BrNO2/c1-17-12-5-3-2-4-10(12)14-16-11-8-9(15)6-7-13(11)18-14/h2-8H,1H3. The van der Waals surface area contributed by atoms with Crippen molar-refractivity contribution in [2.45, 2.75) is 0 Å². The SMILES string of the molecule is COc1ccccc1-c1nc2cc(Br)ccc2o1. The first-order valence-corrected chi connectivity index (χ1v) is 6.27. The van der Waals surface area contributed by atoms with Crippen molar-refractivity contribution in [3.05, 3.63) is 46.9 Å². The van der Waals surface area contributed by atoms with Crippen LogP contribution in [0.15, 0.2) is 51.4 Å². The molecule has 0 saturated heterocycles. The zero-order chi connectivity index (χ0) is 12.5. The molecule has 1 heterocycles. The fraction of sp³-hybridized carbons (Fsp3) is 0.0714. The summed E-state index contributed by atoms with van der Waals surface area (Å²) < 4.78 is 12.0. The van der Waals surface area contributed by atoms with E-state index in [1.54, 1.807) is 7.11 Å². The lowest BCUT2D eigenvalue weighted by Crippen LogP contribution is -1.86. The van der Waals surface area contributed by atoms with Crippen LogP contribution in [0.1, 0.15) is 0 Å². The van der Waals surface area contributed by atoms with Gasteiger partial charge in [0.25, 0.3) is 0 Å². The van der Waals surface area contributed by atoms with E-state index in [4.69, 9.17) is 9.15 Å². The van der Waals surface area contributed by atoms with Crippen molar-refractivity contribution in [2.24, 2.45) is 0 Å².